The summed E-state index contributed by atoms with van der Waals surface area (Å²) >= 11 is 0. The van der Waals surface area contributed by atoms with Gasteiger partial charge >= 0.3 is 0 Å². The molecule has 0 saturated heterocycles. The molecule has 0 amide bonds. The monoisotopic (exact) mass is 270 g/mol. The van der Waals surface area contributed by atoms with E-state index in [2.05, 4.69) is 5.10 Å². The summed E-state index contributed by atoms with van der Waals surface area (Å²) in [6.45, 7) is 4.86. The largest absolute Gasteiger partial charge is 0.497 e. The van der Waals surface area contributed by atoms with Gasteiger partial charge < -0.3 is 4.74 Å². The van der Waals surface area contributed by atoms with Gasteiger partial charge in [-0.05, 0) is 50.3 Å². The van der Waals surface area contributed by atoms with Crippen LogP contribution in [0, 0.1) is 6.92 Å². The number of ether oxygens (including phenoxy) is 1. The molecule has 0 bridgehead atoms. The Morgan fingerprint density at radius 1 is 1.35 bits per heavy atom. The smallest absolute Gasteiger partial charge is 0.185 e. The fourth-order valence-electron chi connectivity index (χ4n) is 1.96. The maximum Gasteiger partial charge on any atom is 0.185 e. The van der Waals surface area contributed by atoms with Crippen LogP contribution in [0.15, 0.2) is 36.5 Å². The van der Waals surface area contributed by atoms with E-state index in [-0.39, 0.29) is 5.78 Å². The molecular weight excluding hydrogens is 252 g/mol. The lowest BCUT2D eigenvalue weighted by atomic mass is 10.1. The maximum atomic E-state index is 12.1. The molecule has 0 fully saturated rings. The first-order valence-corrected chi connectivity index (χ1v) is 6.54. The summed E-state index contributed by atoms with van der Waals surface area (Å²) in [5, 5.41) is 4.25. The second-order valence-electron chi connectivity index (χ2n) is 4.43. The third-order valence-corrected chi connectivity index (χ3v) is 3.23. The number of nitrogens with zero attached hydrogens (tertiary/aromatic N) is 2. The molecule has 2 rings (SSSR count). The molecule has 0 N–H and O–H groups in total. The standard InChI is InChI=1S/C16H18N2O2/c1-4-18-12(2)14(11-17-18)7-10-16(19)13-5-8-15(20-3)9-6-13/h5-11H,4H2,1-3H3/b10-7+. The number of ketones is 1. The van der Waals surface area contributed by atoms with Crippen molar-refractivity contribution in [3.63, 3.8) is 0 Å². The average Bonchev–Trinajstić information content (AvgIpc) is 2.85. The number of hydrogen-bond donors (Lipinski definition) is 0. The number of hydrogen-bond acceptors (Lipinski definition) is 3. The van der Waals surface area contributed by atoms with E-state index in [0.29, 0.717) is 5.56 Å². The highest BCUT2D eigenvalue weighted by Crippen LogP contribution is 2.14. The molecule has 0 spiro atoms. The number of carbonyl (C=O) groups excluding carboxylic acids is 1. The zero-order valence-corrected chi connectivity index (χ0v) is 12.0. The number of allylic oxidation sites excluding steroid dienone is 1. The molecule has 0 aliphatic heterocycles. The van der Waals surface area contributed by atoms with Gasteiger partial charge in [-0.3, -0.25) is 9.48 Å². The average molecular weight is 270 g/mol. The lowest BCUT2D eigenvalue weighted by Gasteiger charge is -2.00. The lowest BCUT2D eigenvalue weighted by molar-refractivity contribution is 0.104. The van der Waals surface area contributed by atoms with E-state index in [4.69, 9.17) is 4.74 Å². The van der Waals surface area contributed by atoms with Crippen LogP contribution >= 0.6 is 0 Å². The van der Waals surface area contributed by atoms with Crippen molar-refractivity contribution in [1.29, 1.82) is 0 Å². The lowest BCUT2D eigenvalue weighted by Crippen LogP contribution is -1.98. The Bertz CT molecular complexity index is 624. The van der Waals surface area contributed by atoms with E-state index in [1.54, 1.807) is 49.7 Å². The molecule has 104 valence electrons. The first-order valence-electron chi connectivity index (χ1n) is 6.54. The van der Waals surface area contributed by atoms with Gasteiger partial charge in [-0.25, -0.2) is 0 Å². The van der Waals surface area contributed by atoms with Gasteiger partial charge in [0.15, 0.2) is 5.78 Å². The van der Waals surface area contributed by atoms with Crippen LogP contribution in [0.5, 0.6) is 5.75 Å². The normalized spacial score (nSPS) is 10.9. The Morgan fingerprint density at radius 2 is 2.05 bits per heavy atom. The van der Waals surface area contributed by atoms with E-state index < -0.39 is 0 Å². The fourth-order valence-corrected chi connectivity index (χ4v) is 1.96. The van der Waals surface area contributed by atoms with Crippen molar-refractivity contribution in [2.75, 3.05) is 7.11 Å². The molecule has 0 aliphatic carbocycles. The zero-order valence-electron chi connectivity index (χ0n) is 12.0. The van der Waals surface area contributed by atoms with E-state index in [9.17, 15) is 4.79 Å². The molecule has 0 aliphatic rings. The number of aryl methyl sites for hydroxylation is 1. The highest BCUT2D eigenvalue weighted by atomic mass is 16.5. The summed E-state index contributed by atoms with van der Waals surface area (Å²) in [5.74, 6) is 0.710. The molecule has 1 heterocycles. The van der Waals surface area contributed by atoms with E-state index >= 15 is 0 Å². The van der Waals surface area contributed by atoms with Crippen molar-refractivity contribution < 1.29 is 9.53 Å². The Morgan fingerprint density at radius 3 is 2.60 bits per heavy atom. The van der Waals surface area contributed by atoms with Gasteiger partial charge in [0.25, 0.3) is 0 Å². The van der Waals surface area contributed by atoms with Gasteiger partial charge in [-0.1, -0.05) is 0 Å². The fraction of sp³-hybridized carbons (Fsp3) is 0.250. The minimum atomic E-state index is -0.0312. The van der Waals surface area contributed by atoms with Crippen LogP contribution in [-0.2, 0) is 6.54 Å². The number of benzene rings is 1. The number of methoxy groups -OCH3 is 1. The van der Waals surface area contributed by atoms with E-state index in [1.807, 2.05) is 18.5 Å². The predicted molar refractivity (Wildman–Crippen MR) is 79.0 cm³/mol. The molecule has 20 heavy (non-hydrogen) atoms. The molecule has 0 radical (unpaired) electrons. The van der Waals surface area contributed by atoms with Crippen molar-refractivity contribution in [2.45, 2.75) is 20.4 Å². The van der Waals surface area contributed by atoms with Gasteiger partial charge in [0.1, 0.15) is 5.75 Å². The maximum absolute atomic E-state index is 12.1. The van der Waals surface area contributed by atoms with Crippen LogP contribution in [0.3, 0.4) is 0 Å². The summed E-state index contributed by atoms with van der Waals surface area (Å²) in [5.41, 5.74) is 2.67. The molecule has 0 atom stereocenters. The van der Waals surface area contributed by atoms with Crippen molar-refractivity contribution in [3.05, 3.63) is 53.4 Å². The topological polar surface area (TPSA) is 44.1 Å². The van der Waals surface area contributed by atoms with E-state index in [1.165, 1.54) is 0 Å². The van der Waals surface area contributed by atoms with Gasteiger partial charge in [-0.2, -0.15) is 5.10 Å². The molecule has 0 saturated carbocycles. The Hall–Kier alpha value is -2.36. The zero-order chi connectivity index (χ0) is 14.5. The number of aromatic nitrogens is 2. The van der Waals surface area contributed by atoms with Gasteiger partial charge in [0, 0.05) is 23.4 Å². The van der Waals surface area contributed by atoms with Crippen LogP contribution in [0.25, 0.3) is 6.08 Å². The molecular formula is C16H18N2O2. The van der Waals surface area contributed by atoms with Crippen LogP contribution < -0.4 is 4.74 Å². The molecule has 1 aromatic carbocycles. The summed E-state index contributed by atoms with van der Waals surface area (Å²) in [4.78, 5) is 12.1. The molecule has 4 nitrogen and oxygen atoms in total. The molecule has 1 aromatic heterocycles. The quantitative estimate of drug-likeness (QED) is 0.619. The Balaban J connectivity index is 2.13. The third kappa shape index (κ3) is 2.96. The predicted octanol–water partition coefficient (Wildman–Crippen LogP) is 3.12. The van der Waals surface area contributed by atoms with Crippen LogP contribution in [0.4, 0.5) is 0 Å². The van der Waals surface area contributed by atoms with Gasteiger partial charge in [0.05, 0.1) is 13.3 Å². The minimum absolute atomic E-state index is 0.0312. The number of carbonyl (C=O) groups is 1. The van der Waals surface area contributed by atoms with Crippen molar-refractivity contribution in [3.8, 4) is 5.75 Å². The van der Waals surface area contributed by atoms with Crippen LogP contribution in [0.1, 0.15) is 28.5 Å². The molecule has 0 unspecified atom stereocenters. The van der Waals surface area contributed by atoms with Crippen molar-refractivity contribution in [2.24, 2.45) is 0 Å². The van der Waals surface area contributed by atoms with Gasteiger partial charge in [0.2, 0.25) is 0 Å². The molecule has 4 heteroatoms. The first-order chi connectivity index (χ1) is 9.65. The second-order valence-corrected chi connectivity index (χ2v) is 4.43. The Labute approximate surface area is 118 Å². The third-order valence-electron chi connectivity index (χ3n) is 3.23. The minimum Gasteiger partial charge on any atom is -0.497 e. The SMILES string of the molecule is CCn1ncc(/C=C/C(=O)c2ccc(OC)cc2)c1C. The number of rotatable bonds is 5. The highest BCUT2D eigenvalue weighted by Gasteiger charge is 2.04. The molecule has 2 aromatic rings. The summed E-state index contributed by atoms with van der Waals surface area (Å²) in [6, 6.07) is 7.07. The van der Waals surface area contributed by atoms with Gasteiger partial charge in [-0.15, -0.1) is 0 Å². The summed E-state index contributed by atoms with van der Waals surface area (Å²) in [6.07, 6.45) is 5.16. The van der Waals surface area contributed by atoms with Crippen LogP contribution in [0.2, 0.25) is 0 Å². The van der Waals surface area contributed by atoms with Crippen LogP contribution in [-0.4, -0.2) is 22.7 Å². The van der Waals surface area contributed by atoms with Crippen molar-refractivity contribution in [1.82, 2.24) is 9.78 Å². The first kappa shape index (κ1) is 14.1. The van der Waals surface area contributed by atoms with Crippen molar-refractivity contribution >= 4 is 11.9 Å². The highest BCUT2D eigenvalue weighted by molar-refractivity contribution is 6.06. The summed E-state index contributed by atoms with van der Waals surface area (Å²) < 4.78 is 6.97. The Kier molecular flexibility index (Phi) is 4.35. The van der Waals surface area contributed by atoms with E-state index in [0.717, 1.165) is 23.6 Å². The second kappa shape index (κ2) is 6.19. The summed E-state index contributed by atoms with van der Waals surface area (Å²) in [7, 11) is 1.60.